The third kappa shape index (κ3) is 3.46. The Hall–Kier alpha value is -4.06. The maximum Gasteiger partial charge on any atom is 0.295 e. The number of fused-ring (bicyclic) bond motifs is 7. The molecule has 2 aliphatic carbocycles. The van der Waals surface area contributed by atoms with Gasteiger partial charge in [-0.25, -0.2) is 4.68 Å². The fourth-order valence-electron chi connectivity index (χ4n) is 7.52. The second kappa shape index (κ2) is 8.76. The molecule has 0 spiro atoms. The van der Waals surface area contributed by atoms with Gasteiger partial charge < -0.3 is 10.6 Å². The van der Waals surface area contributed by atoms with Crippen LogP contribution in [0, 0.1) is 24.7 Å². The average molecular weight is 505 g/mol. The Kier molecular flexibility index (Phi) is 5.32. The van der Waals surface area contributed by atoms with Crippen molar-refractivity contribution in [2.45, 2.75) is 38.1 Å². The van der Waals surface area contributed by atoms with Crippen LogP contribution in [0.2, 0.25) is 0 Å². The van der Waals surface area contributed by atoms with Gasteiger partial charge in [-0.1, -0.05) is 48.5 Å². The monoisotopic (exact) mass is 504 g/mol. The van der Waals surface area contributed by atoms with E-state index in [4.69, 9.17) is 0 Å². The highest BCUT2D eigenvalue weighted by Crippen LogP contribution is 2.63. The van der Waals surface area contributed by atoms with Crippen LogP contribution in [-0.4, -0.2) is 15.3 Å². The van der Waals surface area contributed by atoms with E-state index < -0.39 is 0 Å². The number of carbonyl (C=O) groups is 1. The summed E-state index contributed by atoms with van der Waals surface area (Å²) in [6.45, 7) is 1.86. The van der Waals surface area contributed by atoms with Crippen LogP contribution < -0.4 is 16.2 Å². The first kappa shape index (κ1) is 23.1. The van der Waals surface area contributed by atoms with Crippen molar-refractivity contribution in [2.24, 2.45) is 24.8 Å². The number of rotatable bonds is 4. The molecule has 192 valence electrons. The number of nitrogens with one attached hydrogen (secondary N) is 2. The smallest absolute Gasteiger partial charge is 0.295 e. The van der Waals surface area contributed by atoms with E-state index in [2.05, 4.69) is 53.1 Å². The molecule has 5 atom stereocenters. The van der Waals surface area contributed by atoms with Crippen LogP contribution in [0.1, 0.15) is 58.4 Å². The Balaban J connectivity index is 1.22. The number of hydrogen-bond acceptors (Lipinski definition) is 3. The molecule has 3 aromatic carbocycles. The Bertz CT molecular complexity index is 1590. The molecule has 1 amide bonds. The largest absolute Gasteiger partial charge is 0.378 e. The van der Waals surface area contributed by atoms with Gasteiger partial charge in [0.05, 0.1) is 17.4 Å². The quantitative estimate of drug-likeness (QED) is 0.356. The van der Waals surface area contributed by atoms with Crippen molar-refractivity contribution in [2.75, 3.05) is 10.6 Å². The minimum absolute atomic E-state index is 0.233. The van der Waals surface area contributed by atoms with Crippen LogP contribution in [0.5, 0.6) is 0 Å². The second-order valence-corrected chi connectivity index (χ2v) is 11.2. The van der Waals surface area contributed by atoms with Crippen LogP contribution in [0.15, 0.2) is 83.7 Å². The number of para-hydroxylation sites is 1. The van der Waals surface area contributed by atoms with Crippen molar-refractivity contribution in [3.8, 4) is 5.69 Å². The standard InChI is InChI=1S/C32H32N4O2/c1-19-29(32(38)36(35(19)2)24-11-7-4-8-12-24)34-31(37)23-15-16-26-25(18-23)27-21-13-14-22(17-21)28(27)30(33-26)20-9-5-3-6-10-20/h3-12,15-16,18,21-22,27-28,30,33H,13-14,17H2,1-2H3,(H,34,37)/t21-,22-,27+,28-,30-/m0/s1. The SMILES string of the molecule is Cc1c(NC(=O)c2ccc3c(c2)[C@H]2[C@H]4CC[C@@H](C4)[C@@H]2[C@H](c2ccccc2)N3)c(=O)n(-c2ccccc2)n1C. The van der Waals surface area contributed by atoms with Crippen LogP contribution in [0.4, 0.5) is 11.4 Å². The molecule has 1 aliphatic heterocycles. The summed E-state index contributed by atoms with van der Waals surface area (Å²) in [4.78, 5) is 26.8. The zero-order valence-corrected chi connectivity index (χ0v) is 21.7. The van der Waals surface area contributed by atoms with Gasteiger partial charge in [0.1, 0.15) is 5.69 Å². The number of benzene rings is 3. The summed E-state index contributed by atoms with van der Waals surface area (Å²) in [5.41, 5.74) is 5.89. The minimum Gasteiger partial charge on any atom is -0.378 e. The lowest BCUT2D eigenvalue weighted by Crippen LogP contribution is -2.35. The number of amides is 1. The van der Waals surface area contributed by atoms with Crippen LogP contribution in [0.3, 0.4) is 0 Å². The van der Waals surface area contributed by atoms with E-state index in [1.807, 2.05) is 50.4 Å². The Morgan fingerprint density at radius 1 is 0.947 bits per heavy atom. The van der Waals surface area contributed by atoms with E-state index in [0.29, 0.717) is 40.7 Å². The first-order valence-corrected chi connectivity index (χ1v) is 13.6. The van der Waals surface area contributed by atoms with Gasteiger partial charge in [-0.05, 0) is 91.3 Å². The van der Waals surface area contributed by atoms with Gasteiger partial charge in [0.2, 0.25) is 0 Å². The number of carbonyl (C=O) groups excluding carboxylic acids is 1. The molecule has 2 bridgehead atoms. The Morgan fingerprint density at radius 3 is 2.42 bits per heavy atom. The molecular formula is C32H32N4O2. The molecule has 0 saturated heterocycles. The lowest BCUT2D eigenvalue weighted by atomic mass is 9.68. The number of anilines is 2. The fourth-order valence-corrected chi connectivity index (χ4v) is 7.52. The molecule has 2 saturated carbocycles. The molecule has 4 aromatic rings. The van der Waals surface area contributed by atoms with Crippen molar-refractivity contribution in [1.29, 1.82) is 0 Å². The van der Waals surface area contributed by atoms with E-state index in [0.717, 1.165) is 17.3 Å². The average Bonchev–Trinajstić information content (AvgIpc) is 3.63. The predicted molar refractivity (Wildman–Crippen MR) is 150 cm³/mol. The van der Waals surface area contributed by atoms with E-state index in [1.165, 1.54) is 30.4 Å². The highest BCUT2D eigenvalue weighted by molar-refractivity contribution is 6.05. The van der Waals surface area contributed by atoms with Crippen molar-refractivity contribution in [3.63, 3.8) is 0 Å². The van der Waals surface area contributed by atoms with Crippen LogP contribution >= 0.6 is 0 Å². The lowest BCUT2D eigenvalue weighted by Gasteiger charge is -2.43. The molecule has 3 aliphatic rings. The summed E-state index contributed by atoms with van der Waals surface area (Å²) < 4.78 is 3.37. The number of nitrogens with zero attached hydrogens (tertiary/aromatic N) is 2. The molecule has 7 rings (SSSR count). The van der Waals surface area contributed by atoms with Crippen LogP contribution in [0.25, 0.3) is 5.69 Å². The molecule has 2 N–H and O–H groups in total. The van der Waals surface area contributed by atoms with E-state index in [9.17, 15) is 9.59 Å². The van der Waals surface area contributed by atoms with Crippen molar-refractivity contribution < 1.29 is 4.79 Å². The van der Waals surface area contributed by atoms with Crippen LogP contribution in [-0.2, 0) is 7.05 Å². The molecular weight excluding hydrogens is 472 g/mol. The Labute approximate surface area is 222 Å². The molecule has 2 fully saturated rings. The first-order chi connectivity index (χ1) is 18.5. The van der Waals surface area contributed by atoms with Crippen molar-refractivity contribution in [1.82, 2.24) is 9.36 Å². The highest BCUT2D eigenvalue weighted by atomic mass is 16.2. The van der Waals surface area contributed by atoms with Gasteiger partial charge in [-0.15, -0.1) is 0 Å². The van der Waals surface area contributed by atoms with E-state index in [-0.39, 0.29) is 11.5 Å². The Morgan fingerprint density at radius 2 is 1.66 bits per heavy atom. The van der Waals surface area contributed by atoms with Gasteiger partial charge in [0.25, 0.3) is 11.5 Å². The first-order valence-electron chi connectivity index (χ1n) is 13.6. The minimum atomic E-state index is -0.247. The predicted octanol–water partition coefficient (Wildman–Crippen LogP) is 6.03. The molecule has 6 nitrogen and oxygen atoms in total. The molecule has 0 radical (unpaired) electrons. The zero-order chi connectivity index (χ0) is 26.0. The normalized spacial score (nSPS) is 24.9. The molecule has 0 unspecified atom stereocenters. The van der Waals surface area contributed by atoms with Gasteiger partial charge in [-0.3, -0.25) is 14.3 Å². The van der Waals surface area contributed by atoms with Gasteiger partial charge in [0.15, 0.2) is 0 Å². The molecule has 1 aromatic heterocycles. The number of aromatic nitrogens is 2. The third-order valence-electron chi connectivity index (χ3n) is 9.30. The summed E-state index contributed by atoms with van der Waals surface area (Å²) in [7, 11) is 1.84. The second-order valence-electron chi connectivity index (χ2n) is 11.2. The zero-order valence-electron chi connectivity index (χ0n) is 21.7. The molecule has 6 heteroatoms. The maximum absolute atomic E-state index is 13.5. The van der Waals surface area contributed by atoms with E-state index >= 15 is 0 Å². The van der Waals surface area contributed by atoms with E-state index in [1.54, 1.807) is 9.36 Å². The molecule has 2 heterocycles. The fraction of sp³-hybridized carbons (Fsp3) is 0.312. The van der Waals surface area contributed by atoms with Crippen molar-refractivity contribution in [3.05, 3.63) is 112 Å². The lowest BCUT2D eigenvalue weighted by molar-refractivity contribution is 0.102. The van der Waals surface area contributed by atoms with Gasteiger partial charge >= 0.3 is 0 Å². The summed E-state index contributed by atoms with van der Waals surface area (Å²) in [5.74, 6) is 2.14. The summed E-state index contributed by atoms with van der Waals surface area (Å²) in [5, 5.41) is 6.79. The summed E-state index contributed by atoms with van der Waals surface area (Å²) in [6, 6.07) is 26.6. The maximum atomic E-state index is 13.5. The number of hydrogen-bond donors (Lipinski definition) is 2. The summed E-state index contributed by atoms with van der Waals surface area (Å²) in [6.07, 6.45) is 3.84. The van der Waals surface area contributed by atoms with Crippen molar-refractivity contribution >= 4 is 17.3 Å². The van der Waals surface area contributed by atoms with Gasteiger partial charge in [0, 0.05) is 18.3 Å². The topological polar surface area (TPSA) is 68.1 Å². The molecule has 38 heavy (non-hydrogen) atoms. The summed E-state index contributed by atoms with van der Waals surface area (Å²) >= 11 is 0. The van der Waals surface area contributed by atoms with Gasteiger partial charge in [-0.2, -0.15) is 0 Å². The third-order valence-corrected chi connectivity index (χ3v) is 9.30. The highest BCUT2D eigenvalue weighted by Gasteiger charge is 2.53.